The molecule has 1 fully saturated rings. The number of carbonyl (C=O) groups excluding carboxylic acids is 2. The molecule has 0 radical (unpaired) electrons. The van der Waals surface area contributed by atoms with Gasteiger partial charge in [-0.15, -0.1) is 0 Å². The van der Waals surface area contributed by atoms with Gasteiger partial charge in [-0.05, 0) is 24.3 Å². The maximum absolute atomic E-state index is 13.6. The van der Waals surface area contributed by atoms with Gasteiger partial charge in [-0.1, -0.05) is 26.0 Å². The third-order valence-electron chi connectivity index (χ3n) is 6.35. The van der Waals surface area contributed by atoms with E-state index in [2.05, 4.69) is 0 Å². The summed E-state index contributed by atoms with van der Waals surface area (Å²) in [4.78, 5) is 44.1. The molecule has 2 aliphatic heterocycles. The molecule has 1 aromatic rings. The average Bonchev–Trinajstić information content (AvgIpc) is 2.72. The van der Waals surface area contributed by atoms with Crippen LogP contribution in [0, 0.1) is 21.4 Å². The van der Waals surface area contributed by atoms with Gasteiger partial charge < -0.3 is 9.64 Å². The van der Waals surface area contributed by atoms with E-state index in [1.54, 1.807) is 17.0 Å². The molecule has 0 aromatic heterocycles. The molecule has 0 bridgehead atoms. The Balaban J connectivity index is 1.81. The second-order valence-electron chi connectivity index (χ2n) is 9.30. The summed E-state index contributed by atoms with van der Waals surface area (Å²) in [6.45, 7) is 7.91. The molecule has 0 spiro atoms. The lowest BCUT2D eigenvalue weighted by Gasteiger charge is -2.41. The predicted octanol–water partition coefficient (Wildman–Crippen LogP) is 3.27. The number of allylic oxidation sites excluding steroid dienone is 2. The van der Waals surface area contributed by atoms with Crippen LogP contribution in [0.25, 0.3) is 0 Å². The van der Waals surface area contributed by atoms with Crippen LogP contribution >= 0.6 is 0 Å². The minimum atomic E-state index is -0.608. The van der Waals surface area contributed by atoms with Crippen LogP contribution in [0.4, 0.5) is 5.69 Å². The summed E-state index contributed by atoms with van der Waals surface area (Å²) in [5, 5.41) is 11.1. The van der Waals surface area contributed by atoms with Crippen molar-refractivity contribution < 1.29 is 19.2 Å². The Kier molecular flexibility index (Phi) is 5.51. The number of hydrogen-bond donors (Lipinski definition) is 0. The van der Waals surface area contributed by atoms with Crippen molar-refractivity contribution in [3.05, 3.63) is 51.2 Å². The molecule has 3 aliphatic rings. The SMILES string of the molecule is CC1=NC2=C(C(=O)CC(C)(C)C2)[C@@H](c2ccc([N+](=O)[O-])cc2)C1C(=O)N1CCOCC1. The Bertz CT molecular complexity index is 987. The first-order valence-corrected chi connectivity index (χ1v) is 10.6. The van der Waals surface area contributed by atoms with Crippen molar-refractivity contribution >= 4 is 23.1 Å². The van der Waals surface area contributed by atoms with Gasteiger partial charge in [0.1, 0.15) is 0 Å². The van der Waals surface area contributed by atoms with Gasteiger partial charge >= 0.3 is 0 Å². The fourth-order valence-corrected chi connectivity index (χ4v) is 4.91. The first-order valence-electron chi connectivity index (χ1n) is 10.6. The number of aliphatic imine (C=N–C) groups is 1. The van der Waals surface area contributed by atoms with Crippen LogP contribution < -0.4 is 0 Å². The Hall–Kier alpha value is -2.87. The fraction of sp³-hybridized carbons (Fsp3) is 0.522. The maximum Gasteiger partial charge on any atom is 0.269 e. The Morgan fingerprint density at radius 3 is 2.45 bits per heavy atom. The van der Waals surface area contributed by atoms with E-state index in [0.29, 0.717) is 50.4 Å². The van der Waals surface area contributed by atoms with Crippen LogP contribution in [0.5, 0.6) is 0 Å². The molecule has 0 saturated carbocycles. The van der Waals surface area contributed by atoms with E-state index >= 15 is 0 Å². The molecule has 1 aromatic carbocycles. The van der Waals surface area contributed by atoms with E-state index < -0.39 is 16.8 Å². The predicted molar refractivity (Wildman–Crippen MR) is 115 cm³/mol. The largest absolute Gasteiger partial charge is 0.378 e. The number of ether oxygens (including phenoxy) is 1. The molecule has 4 rings (SSSR count). The molecular weight excluding hydrogens is 398 g/mol. The van der Waals surface area contributed by atoms with Gasteiger partial charge in [0.15, 0.2) is 5.78 Å². The summed E-state index contributed by atoms with van der Waals surface area (Å²) in [5.74, 6) is -1.17. The molecule has 1 saturated heterocycles. The van der Waals surface area contributed by atoms with Gasteiger partial charge in [0.2, 0.25) is 5.91 Å². The lowest BCUT2D eigenvalue weighted by atomic mass is 9.66. The molecule has 8 heteroatoms. The molecule has 1 aliphatic carbocycles. The molecule has 8 nitrogen and oxygen atoms in total. The van der Waals surface area contributed by atoms with E-state index in [9.17, 15) is 19.7 Å². The second-order valence-corrected chi connectivity index (χ2v) is 9.30. The number of benzene rings is 1. The third-order valence-corrected chi connectivity index (χ3v) is 6.35. The summed E-state index contributed by atoms with van der Waals surface area (Å²) in [6, 6.07) is 6.20. The van der Waals surface area contributed by atoms with Crippen molar-refractivity contribution in [2.45, 2.75) is 39.5 Å². The van der Waals surface area contributed by atoms with Crippen LogP contribution in [0.2, 0.25) is 0 Å². The summed E-state index contributed by atoms with van der Waals surface area (Å²) < 4.78 is 5.39. The highest BCUT2D eigenvalue weighted by Gasteiger charge is 2.46. The van der Waals surface area contributed by atoms with Crippen molar-refractivity contribution in [1.29, 1.82) is 0 Å². The molecule has 31 heavy (non-hydrogen) atoms. The topological polar surface area (TPSA) is 102 Å². The zero-order valence-electron chi connectivity index (χ0n) is 18.1. The number of nitro groups is 1. The number of Topliss-reactive ketones (excluding diaryl/α,β-unsaturated/α-hetero) is 1. The number of rotatable bonds is 3. The number of amides is 1. The van der Waals surface area contributed by atoms with Gasteiger partial charge in [0.25, 0.3) is 5.69 Å². The van der Waals surface area contributed by atoms with Gasteiger partial charge in [-0.25, -0.2) is 0 Å². The molecule has 2 atom stereocenters. The molecule has 1 unspecified atom stereocenters. The zero-order chi connectivity index (χ0) is 22.3. The number of hydrogen-bond acceptors (Lipinski definition) is 6. The number of ketones is 1. The van der Waals surface area contributed by atoms with Crippen molar-refractivity contribution in [2.75, 3.05) is 26.3 Å². The standard InChI is InChI=1S/C23H27N3O5/c1-14-19(22(28)25-8-10-31-11-9-25)20(15-4-6-16(7-5-15)26(29)30)21-17(24-14)12-23(2,3)13-18(21)27/h4-7,19-20H,8-13H2,1-3H3/t19?,20-/m0/s1. The monoisotopic (exact) mass is 425 g/mol. The van der Waals surface area contributed by atoms with Crippen LogP contribution in [-0.4, -0.2) is 53.5 Å². The van der Waals surface area contributed by atoms with Gasteiger partial charge in [-0.2, -0.15) is 0 Å². The lowest BCUT2D eigenvalue weighted by Crippen LogP contribution is -2.48. The molecule has 164 valence electrons. The van der Waals surface area contributed by atoms with E-state index in [1.165, 1.54) is 12.1 Å². The number of morpholine rings is 1. The van der Waals surface area contributed by atoms with Gasteiger partial charge in [0, 0.05) is 54.5 Å². The lowest BCUT2D eigenvalue weighted by molar-refractivity contribution is -0.384. The van der Waals surface area contributed by atoms with Crippen LogP contribution in [0.1, 0.15) is 45.1 Å². The molecule has 1 amide bonds. The Morgan fingerprint density at radius 2 is 1.84 bits per heavy atom. The highest BCUT2D eigenvalue weighted by molar-refractivity contribution is 6.10. The normalized spacial score (nSPS) is 25.7. The summed E-state index contributed by atoms with van der Waals surface area (Å²) >= 11 is 0. The number of nitro benzene ring substituents is 1. The zero-order valence-corrected chi connectivity index (χ0v) is 18.1. The summed E-state index contributed by atoms with van der Waals surface area (Å²) in [7, 11) is 0. The first kappa shape index (κ1) is 21.4. The highest BCUT2D eigenvalue weighted by atomic mass is 16.6. The third kappa shape index (κ3) is 4.04. The summed E-state index contributed by atoms with van der Waals surface area (Å²) in [5.41, 5.74) is 2.53. The van der Waals surface area contributed by atoms with Crippen LogP contribution in [0.15, 0.2) is 40.5 Å². The van der Waals surface area contributed by atoms with Crippen molar-refractivity contribution in [3.8, 4) is 0 Å². The second kappa shape index (κ2) is 8.00. The Morgan fingerprint density at radius 1 is 1.19 bits per heavy atom. The molecular formula is C23H27N3O5. The first-order chi connectivity index (χ1) is 14.7. The van der Waals surface area contributed by atoms with E-state index in [-0.39, 0.29) is 22.8 Å². The van der Waals surface area contributed by atoms with Crippen molar-refractivity contribution in [1.82, 2.24) is 4.90 Å². The highest BCUT2D eigenvalue weighted by Crippen LogP contribution is 2.48. The van der Waals surface area contributed by atoms with Crippen LogP contribution in [-0.2, 0) is 14.3 Å². The smallest absolute Gasteiger partial charge is 0.269 e. The number of nitrogens with zero attached hydrogens (tertiary/aromatic N) is 3. The van der Waals surface area contributed by atoms with Gasteiger partial charge in [-0.3, -0.25) is 24.7 Å². The van der Waals surface area contributed by atoms with Crippen molar-refractivity contribution in [2.24, 2.45) is 16.3 Å². The number of carbonyl (C=O) groups is 2. The minimum Gasteiger partial charge on any atom is -0.378 e. The summed E-state index contributed by atoms with van der Waals surface area (Å²) in [6.07, 6.45) is 1.05. The van der Waals surface area contributed by atoms with E-state index in [4.69, 9.17) is 9.73 Å². The van der Waals surface area contributed by atoms with E-state index in [1.807, 2.05) is 20.8 Å². The average molecular weight is 425 g/mol. The van der Waals surface area contributed by atoms with Crippen molar-refractivity contribution in [3.63, 3.8) is 0 Å². The number of non-ortho nitro benzene ring substituents is 1. The molecule has 2 heterocycles. The fourth-order valence-electron chi connectivity index (χ4n) is 4.91. The quantitative estimate of drug-likeness (QED) is 0.546. The molecule has 0 N–H and O–H groups in total. The van der Waals surface area contributed by atoms with Gasteiger partial charge in [0.05, 0.1) is 24.1 Å². The van der Waals surface area contributed by atoms with Crippen LogP contribution in [0.3, 0.4) is 0 Å². The Labute approximate surface area is 181 Å². The maximum atomic E-state index is 13.6. The van der Waals surface area contributed by atoms with E-state index in [0.717, 1.165) is 11.3 Å². The minimum absolute atomic E-state index is 0.00521.